The van der Waals surface area contributed by atoms with E-state index in [-0.39, 0.29) is 6.61 Å². The minimum Gasteiger partial charge on any atom is -0.394 e. The van der Waals surface area contributed by atoms with Gasteiger partial charge in [-0.1, -0.05) is 30.3 Å². The van der Waals surface area contributed by atoms with Crippen LogP contribution in [-0.4, -0.2) is 21.9 Å². The number of rotatable bonds is 4. The van der Waals surface area contributed by atoms with Crippen LogP contribution in [0.3, 0.4) is 0 Å². The Bertz CT molecular complexity index is 500. The lowest BCUT2D eigenvalue weighted by molar-refractivity contribution is 0.223. The number of aliphatic hydroxyl groups is 1. The van der Waals surface area contributed by atoms with Gasteiger partial charge < -0.3 is 16.2 Å². The van der Waals surface area contributed by atoms with Crippen LogP contribution in [-0.2, 0) is 5.54 Å². The molecule has 2 aromatic rings. The standard InChI is InChI=1S/C13H16N4O/c1-13(9-18,10-5-3-2-4-6-10)15-12-8-7-11(14)16-17-12/h2-8,18H,9H2,1H3,(H2,14,16)(H,15,17). The minimum absolute atomic E-state index is 0.0525. The molecule has 1 heterocycles. The highest BCUT2D eigenvalue weighted by molar-refractivity contribution is 5.43. The molecule has 0 saturated carbocycles. The highest BCUT2D eigenvalue weighted by Gasteiger charge is 2.25. The van der Waals surface area contributed by atoms with E-state index in [1.807, 2.05) is 37.3 Å². The van der Waals surface area contributed by atoms with E-state index >= 15 is 0 Å². The average Bonchev–Trinajstić information content (AvgIpc) is 2.42. The molecule has 5 nitrogen and oxygen atoms in total. The first kappa shape index (κ1) is 12.3. The molecule has 0 amide bonds. The molecule has 0 saturated heterocycles. The van der Waals surface area contributed by atoms with Crippen molar-refractivity contribution in [3.63, 3.8) is 0 Å². The van der Waals surface area contributed by atoms with Crippen LogP contribution in [0, 0.1) is 0 Å². The van der Waals surface area contributed by atoms with Crippen LogP contribution in [0.15, 0.2) is 42.5 Å². The lowest BCUT2D eigenvalue weighted by atomic mass is 9.93. The lowest BCUT2D eigenvalue weighted by Crippen LogP contribution is -2.36. The van der Waals surface area contributed by atoms with E-state index in [1.165, 1.54) is 0 Å². The molecule has 1 unspecified atom stereocenters. The second-order valence-corrected chi connectivity index (χ2v) is 4.32. The zero-order valence-electron chi connectivity index (χ0n) is 10.2. The summed E-state index contributed by atoms with van der Waals surface area (Å²) in [5.41, 5.74) is 5.86. The number of aromatic nitrogens is 2. The largest absolute Gasteiger partial charge is 0.394 e. The number of nitrogens with two attached hydrogens (primary N) is 1. The number of nitrogens with one attached hydrogen (secondary N) is 1. The summed E-state index contributed by atoms with van der Waals surface area (Å²) >= 11 is 0. The maximum Gasteiger partial charge on any atom is 0.149 e. The van der Waals surface area contributed by atoms with Crippen molar-refractivity contribution in [1.29, 1.82) is 0 Å². The molecule has 5 heteroatoms. The molecule has 1 atom stereocenters. The van der Waals surface area contributed by atoms with Gasteiger partial charge in [-0.2, -0.15) is 0 Å². The van der Waals surface area contributed by atoms with E-state index < -0.39 is 5.54 Å². The minimum atomic E-state index is -0.605. The Kier molecular flexibility index (Phi) is 3.43. The summed E-state index contributed by atoms with van der Waals surface area (Å²) in [5.74, 6) is 0.940. The van der Waals surface area contributed by atoms with Crippen LogP contribution < -0.4 is 11.1 Å². The third-order valence-corrected chi connectivity index (χ3v) is 2.82. The number of benzene rings is 1. The number of anilines is 2. The van der Waals surface area contributed by atoms with E-state index in [0.717, 1.165) is 5.56 Å². The molecular weight excluding hydrogens is 228 g/mol. The molecule has 94 valence electrons. The van der Waals surface area contributed by atoms with Gasteiger partial charge in [-0.25, -0.2) is 0 Å². The van der Waals surface area contributed by atoms with Crippen molar-refractivity contribution in [3.8, 4) is 0 Å². The molecule has 0 spiro atoms. The Morgan fingerprint density at radius 3 is 2.44 bits per heavy atom. The van der Waals surface area contributed by atoms with E-state index in [2.05, 4.69) is 15.5 Å². The molecular formula is C13H16N4O. The number of hydrogen-bond acceptors (Lipinski definition) is 5. The Hall–Kier alpha value is -2.14. The smallest absolute Gasteiger partial charge is 0.149 e. The van der Waals surface area contributed by atoms with Crippen molar-refractivity contribution in [2.75, 3.05) is 17.7 Å². The van der Waals surface area contributed by atoms with E-state index in [4.69, 9.17) is 5.73 Å². The molecule has 0 radical (unpaired) electrons. The molecule has 1 aromatic heterocycles. The van der Waals surface area contributed by atoms with E-state index in [1.54, 1.807) is 12.1 Å². The molecule has 0 aliphatic rings. The van der Waals surface area contributed by atoms with Gasteiger partial charge in [0.2, 0.25) is 0 Å². The van der Waals surface area contributed by atoms with Gasteiger partial charge in [0.05, 0.1) is 12.1 Å². The van der Waals surface area contributed by atoms with E-state index in [0.29, 0.717) is 11.6 Å². The normalized spacial score (nSPS) is 13.9. The summed E-state index contributed by atoms with van der Waals surface area (Å²) < 4.78 is 0. The Balaban J connectivity index is 2.26. The average molecular weight is 244 g/mol. The molecule has 0 aliphatic carbocycles. The molecule has 4 N–H and O–H groups in total. The fourth-order valence-electron chi connectivity index (χ4n) is 1.70. The van der Waals surface area contributed by atoms with Crippen LogP contribution in [0.4, 0.5) is 11.6 Å². The van der Waals surface area contributed by atoms with Crippen LogP contribution >= 0.6 is 0 Å². The first-order valence-corrected chi connectivity index (χ1v) is 5.68. The van der Waals surface area contributed by atoms with Crippen molar-refractivity contribution in [1.82, 2.24) is 10.2 Å². The summed E-state index contributed by atoms with van der Waals surface area (Å²) in [6.45, 7) is 1.85. The second-order valence-electron chi connectivity index (χ2n) is 4.32. The fourth-order valence-corrected chi connectivity index (χ4v) is 1.70. The van der Waals surface area contributed by atoms with Crippen molar-refractivity contribution >= 4 is 11.6 Å². The van der Waals surface area contributed by atoms with Crippen molar-refractivity contribution in [3.05, 3.63) is 48.0 Å². The molecule has 0 bridgehead atoms. The first-order valence-electron chi connectivity index (χ1n) is 5.68. The van der Waals surface area contributed by atoms with Crippen LogP contribution in [0.25, 0.3) is 0 Å². The number of aliphatic hydroxyl groups excluding tert-OH is 1. The SMILES string of the molecule is CC(CO)(Nc1ccc(N)nn1)c1ccccc1. The zero-order chi connectivity index (χ0) is 13.0. The summed E-state index contributed by atoms with van der Waals surface area (Å²) in [6.07, 6.45) is 0. The van der Waals surface area contributed by atoms with Gasteiger partial charge in [-0.15, -0.1) is 10.2 Å². The quantitative estimate of drug-likeness (QED) is 0.756. The van der Waals surface area contributed by atoms with Gasteiger partial charge in [0, 0.05) is 0 Å². The summed E-state index contributed by atoms with van der Waals surface area (Å²) in [7, 11) is 0. The van der Waals surface area contributed by atoms with Gasteiger partial charge in [0.1, 0.15) is 11.6 Å². The van der Waals surface area contributed by atoms with E-state index in [9.17, 15) is 5.11 Å². The van der Waals surface area contributed by atoms with Gasteiger partial charge in [-0.3, -0.25) is 0 Å². The molecule has 0 fully saturated rings. The fraction of sp³-hybridized carbons (Fsp3) is 0.231. The Labute approximate surface area is 106 Å². The number of nitrogen functional groups attached to an aromatic ring is 1. The second kappa shape index (κ2) is 5.01. The third-order valence-electron chi connectivity index (χ3n) is 2.82. The van der Waals surface area contributed by atoms with Crippen LogP contribution in [0.2, 0.25) is 0 Å². The lowest BCUT2D eigenvalue weighted by Gasteiger charge is -2.29. The maximum absolute atomic E-state index is 9.62. The predicted molar refractivity (Wildman–Crippen MR) is 70.9 cm³/mol. The highest BCUT2D eigenvalue weighted by Crippen LogP contribution is 2.24. The molecule has 18 heavy (non-hydrogen) atoms. The predicted octanol–water partition coefficient (Wildman–Crippen LogP) is 1.38. The summed E-state index contributed by atoms with van der Waals surface area (Å²) in [5, 5.41) is 20.5. The molecule has 2 rings (SSSR count). The van der Waals surface area contributed by atoms with Gasteiger partial charge in [0.25, 0.3) is 0 Å². The van der Waals surface area contributed by atoms with Crippen LogP contribution in [0.5, 0.6) is 0 Å². The monoisotopic (exact) mass is 244 g/mol. The van der Waals surface area contributed by atoms with Gasteiger partial charge in [-0.05, 0) is 24.6 Å². The van der Waals surface area contributed by atoms with Gasteiger partial charge in [0.15, 0.2) is 0 Å². The third kappa shape index (κ3) is 2.57. The van der Waals surface area contributed by atoms with Crippen LogP contribution in [0.1, 0.15) is 12.5 Å². The Morgan fingerprint density at radius 2 is 1.89 bits per heavy atom. The van der Waals surface area contributed by atoms with Crippen molar-refractivity contribution in [2.45, 2.75) is 12.5 Å². The Morgan fingerprint density at radius 1 is 1.17 bits per heavy atom. The highest BCUT2D eigenvalue weighted by atomic mass is 16.3. The van der Waals surface area contributed by atoms with Crippen molar-refractivity contribution < 1.29 is 5.11 Å². The maximum atomic E-state index is 9.62. The number of nitrogens with zero attached hydrogens (tertiary/aromatic N) is 2. The first-order chi connectivity index (χ1) is 8.64. The van der Waals surface area contributed by atoms with Crippen molar-refractivity contribution in [2.24, 2.45) is 0 Å². The molecule has 0 aliphatic heterocycles. The number of hydrogen-bond donors (Lipinski definition) is 3. The topological polar surface area (TPSA) is 84.1 Å². The summed E-state index contributed by atoms with van der Waals surface area (Å²) in [6, 6.07) is 13.1. The summed E-state index contributed by atoms with van der Waals surface area (Å²) in [4.78, 5) is 0. The molecule has 1 aromatic carbocycles. The van der Waals surface area contributed by atoms with Gasteiger partial charge >= 0.3 is 0 Å². The zero-order valence-corrected chi connectivity index (χ0v) is 10.2.